The van der Waals surface area contributed by atoms with Crippen molar-refractivity contribution < 1.29 is 23.5 Å². The van der Waals surface area contributed by atoms with Crippen molar-refractivity contribution in [3.05, 3.63) is 34.4 Å². The summed E-state index contributed by atoms with van der Waals surface area (Å²) in [6.07, 6.45) is 0. The monoisotopic (exact) mass is 277 g/mol. The second kappa shape index (κ2) is 4.89. The molecule has 0 atom stereocenters. The van der Waals surface area contributed by atoms with Gasteiger partial charge in [0.2, 0.25) is 0 Å². The molecule has 1 aromatic carbocycles. The van der Waals surface area contributed by atoms with Crippen molar-refractivity contribution in [2.75, 3.05) is 0 Å². The van der Waals surface area contributed by atoms with Gasteiger partial charge < -0.3 is 10.4 Å². The van der Waals surface area contributed by atoms with Crippen molar-refractivity contribution in [3.8, 4) is 0 Å². The van der Waals surface area contributed by atoms with E-state index in [1.165, 1.54) is 13.8 Å². The molecule has 7 heteroatoms. The van der Waals surface area contributed by atoms with Gasteiger partial charge in [0.25, 0.3) is 5.91 Å². The van der Waals surface area contributed by atoms with Gasteiger partial charge in [-0.05, 0) is 26.0 Å². The second-order valence-electron chi connectivity index (χ2n) is 4.13. The van der Waals surface area contributed by atoms with Crippen molar-refractivity contribution in [1.82, 2.24) is 5.32 Å². The Bertz CT molecular complexity index is 517. The Morgan fingerprint density at radius 1 is 1.28 bits per heavy atom. The third-order valence-corrected chi connectivity index (χ3v) is 2.50. The number of aliphatic carboxylic acids is 1. The molecule has 0 heterocycles. The number of benzene rings is 1. The molecule has 18 heavy (non-hydrogen) atoms. The Morgan fingerprint density at radius 2 is 1.83 bits per heavy atom. The van der Waals surface area contributed by atoms with Gasteiger partial charge in [-0.25, -0.2) is 13.6 Å². The summed E-state index contributed by atoms with van der Waals surface area (Å²) in [6, 6.07) is 1.27. The summed E-state index contributed by atoms with van der Waals surface area (Å²) >= 11 is 5.33. The number of amides is 1. The van der Waals surface area contributed by atoms with Crippen molar-refractivity contribution in [2.45, 2.75) is 19.4 Å². The molecule has 98 valence electrons. The van der Waals surface area contributed by atoms with E-state index >= 15 is 0 Å². The van der Waals surface area contributed by atoms with Crippen LogP contribution in [0, 0.1) is 11.6 Å². The molecule has 1 aromatic rings. The first-order valence-electron chi connectivity index (χ1n) is 4.85. The number of hydrogen-bond acceptors (Lipinski definition) is 2. The van der Waals surface area contributed by atoms with Crippen LogP contribution in [-0.4, -0.2) is 22.5 Å². The summed E-state index contributed by atoms with van der Waals surface area (Å²) in [5.41, 5.74) is -2.20. The van der Waals surface area contributed by atoms with E-state index in [4.69, 9.17) is 16.7 Å². The first-order chi connectivity index (χ1) is 8.15. The normalized spacial score (nSPS) is 11.2. The van der Waals surface area contributed by atoms with Gasteiger partial charge in [-0.2, -0.15) is 0 Å². The van der Waals surface area contributed by atoms with Crippen molar-refractivity contribution >= 4 is 23.5 Å². The predicted octanol–water partition coefficient (Wildman–Crippen LogP) is 2.21. The van der Waals surface area contributed by atoms with Crippen molar-refractivity contribution in [1.29, 1.82) is 0 Å². The first kappa shape index (κ1) is 14.4. The van der Waals surface area contributed by atoms with Crippen LogP contribution in [0.25, 0.3) is 0 Å². The van der Waals surface area contributed by atoms with Gasteiger partial charge in [0.1, 0.15) is 17.2 Å². The lowest BCUT2D eigenvalue weighted by Crippen LogP contribution is -2.49. The van der Waals surface area contributed by atoms with Gasteiger partial charge >= 0.3 is 5.97 Å². The molecule has 0 saturated carbocycles. The fourth-order valence-electron chi connectivity index (χ4n) is 1.10. The van der Waals surface area contributed by atoms with Gasteiger partial charge in [0.05, 0.1) is 10.6 Å². The number of carboxylic acid groups (broad SMARTS) is 1. The highest BCUT2D eigenvalue weighted by molar-refractivity contribution is 6.30. The van der Waals surface area contributed by atoms with Crippen molar-refractivity contribution in [2.24, 2.45) is 0 Å². The standard InChI is InChI=1S/C11H10ClF2NO3/c1-11(2,10(17)18)15-9(16)5-3-8(14)6(12)4-7(5)13/h3-4H,1-2H3,(H,15,16)(H,17,18). The summed E-state index contributed by atoms with van der Waals surface area (Å²) in [6.45, 7) is 2.44. The summed E-state index contributed by atoms with van der Waals surface area (Å²) in [5.74, 6) is -4.32. The van der Waals surface area contributed by atoms with Crippen LogP contribution < -0.4 is 5.32 Å². The topological polar surface area (TPSA) is 66.4 Å². The molecule has 0 aliphatic heterocycles. The van der Waals surface area contributed by atoms with E-state index in [2.05, 4.69) is 5.32 Å². The van der Waals surface area contributed by atoms with Gasteiger partial charge in [-0.15, -0.1) is 0 Å². The number of halogens is 3. The fraction of sp³-hybridized carbons (Fsp3) is 0.273. The highest BCUT2D eigenvalue weighted by Gasteiger charge is 2.30. The smallest absolute Gasteiger partial charge is 0.328 e. The lowest BCUT2D eigenvalue weighted by molar-refractivity contribution is -0.143. The van der Waals surface area contributed by atoms with Gasteiger partial charge in [-0.3, -0.25) is 4.79 Å². The average molecular weight is 278 g/mol. The number of carbonyl (C=O) groups excluding carboxylic acids is 1. The number of carboxylic acids is 1. The number of rotatable bonds is 3. The molecule has 0 fully saturated rings. The van der Waals surface area contributed by atoms with Crippen LogP contribution in [0.1, 0.15) is 24.2 Å². The SMILES string of the molecule is CC(C)(NC(=O)c1cc(F)c(Cl)cc1F)C(=O)O. The average Bonchev–Trinajstić information content (AvgIpc) is 2.22. The molecule has 0 saturated heterocycles. The minimum absolute atomic E-state index is 0.457. The van der Waals surface area contributed by atoms with E-state index in [1.807, 2.05) is 0 Å². The zero-order valence-electron chi connectivity index (χ0n) is 9.55. The minimum Gasteiger partial charge on any atom is -0.480 e. The molecule has 0 radical (unpaired) electrons. The summed E-state index contributed by atoms with van der Waals surface area (Å²) in [4.78, 5) is 22.4. The summed E-state index contributed by atoms with van der Waals surface area (Å²) in [7, 11) is 0. The van der Waals surface area contributed by atoms with Crippen LogP contribution in [0.5, 0.6) is 0 Å². The van der Waals surface area contributed by atoms with E-state index in [0.29, 0.717) is 12.1 Å². The molecule has 4 nitrogen and oxygen atoms in total. The molecule has 1 rings (SSSR count). The number of hydrogen-bond donors (Lipinski definition) is 2. The molecular weight excluding hydrogens is 268 g/mol. The first-order valence-corrected chi connectivity index (χ1v) is 5.23. The van der Waals surface area contributed by atoms with E-state index < -0.39 is 39.6 Å². The maximum atomic E-state index is 13.4. The molecule has 0 bridgehead atoms. The van der Waals surface area contributed by atoms with E-state index in [0.717, 1.165) is 0 Å². The van der Waals surface area contributed by atoms with Crippen LogP contribution in [0.4, 0.5) is 8.78 Å². The Labute approximate surface area is 107 Å². The molecule has 2 N–H and O–H groups in total. The summed E-state index contributed by atoms with van der Waals surface area (Å²) < 4.78 is 26.5. The molecule has 1 amide bonds. The quantitative estimate of drug-likeness (QED) is 0.833. The third kappa shape index (κ3) is 2.95. The van der Waals surface area contributed by atoms with Crippen LogP contribution >= 0.6 is 11.6 Å². The molecule has 0 aliphatic carbocycles. The Hall–Kier alpha value is -1.69. The second-order valence-corrected chi connectivity index (χ2v) is 4.54. The van der Waals surface area contributed by atoms with E-state index in [-0.39, 0.29) is 0 Å². The number of nitrogens with one attached hydrogen (secondary N) is 1. The van der Waals surface area contributed by atoms with Crippen LogP contribution in [-0.2, 0) is 4.79 Å². The molecule has 0 aliphatic rings. The van der Waals surface area contributed by atoms with Gasteiger partial charge in [0.15, 0.2) is 0 Å². The zero-order chi connectivity index (χ0) is 14.1. The van der Waals surface area contributed by atoms with Crippen LogP contribution in [0.2, 0.25) is 5.02 Å². The lowest BCUT2D eigenvalue weighted by atomic mass is 10.0. The Balaban J connectivity index is 3.06. The minimum atomic E-state index is -1.60. The fourth-order valence-corrected chi connectivity index (χ4v) is 1.25. The Morgan fingerprint density at radius 3 is 2.33 bits per heavy atom. The van der Waals surface area contributed by atoms with Crippen LogP contribution in [0.3, 0.4) is 0 Å². The lowest BCUT2D eigenvalue weighted by Gasteiger charge is -2.21. The Kier molecular flexibility index (Phi) is 3.91. The van der Waals surface area contributed by atoms with E-state index in [9.17, 15) is 18.4 Å². The maximum absolute atomic E-state index is 13.4. The van der Waals surface area contributed by atoms with E-state index in [1.54, 1.807) is 0 Å². The van der Waals surface area contributed by atoms with Crippen LogP contribution in [0.15, 0.2) is 12.1 Å². The predicted molar refractivity (Wildman–Crippen MR) is 60.5 cm³/mol. The molecule has 0 unspecified atom stereocenters. The molecule has 0 aromatic heterocycles. The largest absolute Gasteiger partial charge is 0.480 e. The molecule has 0 spiro atoms. The zero-order valence-corrected chi connectivity index (χ0v) is 10.3. The highest BCUT2D eigenvalue weighted by atomic mass is 35.5. The van der Waals surface area contributed by atoms with Gasteiger partial charge in [-0.1, -0.05) is 11.6 Å². The highest BCUT2D eigenvalue weighted by Crippen LogP contribution is 2.19. The maximum Gasteiger partial charge on any atom is 0.328 e. The van der Waals surface area contributed by atoms with Gasteiger partial charge in [0, 0.05) is 0 Å². The molecular formula is C11H10ClF2NO3. The van der Waals surface area contributed by atoms with Crippen molar-refractivity contribution in [3.63, 3.8) is 0 Å². The number of carbonyl (C=O) groups is 2. The third-order valence-electron chi connectivity index (χ3n) is 2.22. The summed E-state index contributed by atoms with van der Waals surface area (Å²) in [5, 5.41) is 10.4.